The molecule has 2 unspecified atom stereocenters. The second kappa shape index (κ2) is 5.25. The predicted octanol–water partition coefficient (Wildman–Crippen LogP) is -1.27. The van der Waals surface area contributed by atoms with Crippen molar-refractivity contribution in [3.63, 3.8) is 0 Å². The molecule has 0 bridgehead atoms. The Morgan fingerprint density at radius 2 is 2.26 bits per heavy atom. The van der Waals surface area contributed by atoms with Crippen LogP contribution in [0.2, 0.25) is 0 Å². The summed E-state index contributed by atoms with van der Waals surface area (Å²) in [7, 11) is 1.57. The van der Waals surface area contributed by atoms with Gasteiger partial charge in [0.05, 0.1) is 12.9 Å². The molecule has 4 amide bonds. The molecule has 2 aliphatic rings. The summed E-state index contributed by atoms with van der Waals surface area (Å²) in [4.78, 5) is 41.9. The Kier molecular flexibility index (Phi) is 3.68. The summed E-state index contributed by atoms with van der Waals surface area (Å²) in [5, 5.41) is 4.98. The molecule has 0 aromatic rings. The summed E-state index contributed by atoms with van der Waals surface area (Å²) >= 11 is 0. The largest absolute Gasteiger partial charge is 0.355 e. The number of hydrogen-bond acceptors (Lipinski definition) is 5. The van der Waals surface area contributed by atoms with E-state index in [1.807, 2.05) is 6.92 Å². The van der Waals surface area contributed by atoms with Crippen LogP contribution >= 0.6 is 0 Å². The van der Waals surface area contributed by atoms with E-state index in [1.165, 1.54) is 11.2 Å². The van der Waals surface area contributed by atoms with Crippen molar-refractivity contribution in [2.45, 2.75) is 25.6 Å². The van der Waals surface area contributed by atoms with Gasteiger partial charge in [0.25, 0.3) is 5.91 Å². The number of aliphatic imine (C=N–C) groups is 1. The highest BCUT2D eigenvalue weighted by atomic mass is 16.2. The number of carbonyl (C=O) groups excluding carboxylic acids is 3. The second-order valence-corrected chi connectivity index (χ2v) is 4.55. The summed E-state index contributed by atoms with van der Waals surface area (Å²) in [6.07, 6.45) is 1.75. The van der Waals surface area contributed by atoms with Crippen molar-refractivity contribution in [3.05, 3.63) is 0 Å². The Morgan fingerprint density at radius 3 is 2.95 bits per heavy atom. The molecule has 2 heterocycles. The summed E-state index contributed by atoms with van der Waals surface area (Å²) in [6.45, 7) is 2.62. The first kappa shape index (κ1) is 13.3. The third kappa shape index (κ3) is 2.51. The SMILES string of the molecule is CCCNC(=O)CN1C=NC2C1C(=O)NC(=O)N2C. The Bertz CT molecular complexity index is 436. The molecule has 1 fully saturated rings. The number of amides is 4. The van der Waals surface area contributed by atoms with Crippen LogP contribution in [0.1, 0.15) is 13.3 Å². The minimum absolute atomic E-state index is 0.0557. The van der Waals surface area contributed by atoms with Gasteiger partial charge in [0.1, 0.15) is 0 Å². The van der Waals surface area contributed by atoms with Gasteiger partial charge in [-0.1, -0.05) is 6.92 Å². The van der Waals surface area contributed by atoms with Crippen molar-refractivity contribution < 1.29 is 14.4 Å². The molecule has 2 aliphatic heterocycles. The first-order chi connectivity index (χ1) is 9.04. The Balaban J connectivity index is 2.01. The molecule has 2 N–H and O–H groups in total. The fraction of sp³-hybridized carbons (Fsp3) is 0.636. The maximum Gasteiger partial charge on any atom is 0.325 e. The number of hydrogen-bond donors (Lipinski definition) is 2. The molecule has 0 aromatic carbocycles. The van der Waals surface area contributed by atoms with E-state index in [1.54, 1.807) is 11.9 Å². The zero-order valence-electron chi connectivity index (χ0n) is 10.9. The zero-order valence-corrected chi connectivity index (χ0v) is 10.9. The van der Waals surface area contributed by atoms with E-state index in [2.05, 4.69) is 15.6 Å². The fourth-order valence-corrected chi connectivity index (χ4v) is 2.09. The summed E-state index contributed by atoms with van der Waals surface area (Å²) < 4.78 is 0. The van der Waals surface area contributed by atoms with E-state index >= 15 is 0 Å². The number of rotatable bonds is 4. The average molecular weight is 267 g/mol. The molecule has 0 spiro atoms. The number of nitrogens with one attached hydrogen (secondary N) is 2. The summed E-state index contributed by atoms with van der Waals surface area (Å²) in [6, 6.07) is -1.10. The van der Waals surface area contributed by atoms with Crippen molar-refractivity contribution in [1.82, 2.24) is 20.4 Å². The van der Waals surface area contributed by atoms with Crippen molar-refractivity contribution in [3.8, 4) is 0 Å². The molecular formula is C11H17N5O3. The highest BCUT2D eigenvalue weighted by molar-refractivity contribution is 6.02. The highest BCUT2D eigenvalue weighted by Crippen LogP contribution is 2.20. The number of imide groups is 1. The summed E-state index contributed by atoms with van der Waals surface area (Å²) in [5.41, 5.74) is 0. The van der Waals surface area contributed by atoms with Crippen molar-refractivity contribution in [2.75, 3.05) is 20.1 Å². The number of carbonyl (C=O) groups is 3. The van der Waals surface area contributed by atoms with Gasteiger partial charge in [0.15, 0.2) is 12.2 Å². The number of likely N-dealkylation sites (N-methyl/N-ethyl adjacent to an activating group) is 1. The molecule has 0 saturated carbocycles. The van der Waals surface area contributed by atoms with Crippen LogP contribution in [0, 0.1) is 0 Å². The third-order valence-corrected chi connectivity index (χ3v) is 3.12. The molecule has 1 saturated heterocycles. The average Bonchev–Trinajstić information content (AvgIpc) is 2.78. The van der Waals surface area contributed by atoms with Crippen molar-refractivity contribution in [2.24, 2.45) is 4.99 Å². The number of fused-ring (bicyclic) bond motifs is 1. The number of nitrogens with zero attached hydrogens (tertiary/aromatic N) is 3. The van der Waals surface area contributed by atoms with Crippen molar-refractivity contribution >= 4 is 24.2 Å². The van der Waals surface area contributed by atoms with Gasteiger partial charge in [0.2, 0.25) is 5.91 Å². The Morgan fingerprint density at radius 1 is 1.53 bits per heavy atom. The third-order valence-electron chi connectivity index (χ3n) is 3.12. The Labute approximate surface area is 110 Å². The number of urea groups is 1. The lowest BCUT2D eigenvalue weighted by Gasteiger charge is -2.35. The fourth-order valence-electron chi connectivity index (χ4n) is 2.09. The lowest BCUT2D eigenvalue weighted by molar-refractivity contribution is -0.128. The molecule has 104 valence electrons. The standard InChI is InChI=1S/C11H17N5O3/c1-3-4-12-7(17)5-16-6-13-9-8(16)10(18)14-11(19)15(9)2/h6,8-9H,3-5H2,1-2H3,(H,12,17)(H,14,18,19). The molecule has 19 heavy (non-hydrogen) atoms. The first-order valence-electron chi connectivity index (χ1n) is 6.18. The predicted molar refractivity (Wildman–Crippen MR) is 67.4 cm³/mol. The topological polar surface area (TPSA) is 94.1 Å². The molecular weight excluding hydrogens is 250 g/mol. The van der Waals surface area contributed by atoms with Gasteiger partial charge in [-0.15, -0.1) is 0 Å². The van der Waals surface area contributed by atoms with Crippen LogP contribution in [0.25, 0.3) is 0 Å². The first-order valence-corrected chi connectivity index (χ1v) is 6.18. The van der Waals surface area contributed by atoms with Gasteiger partial charge >= 0.3 is 6.03 Å². The van der Waals surface area contributed by atoms with Crippen LogP contribution in [-0.4, -0.2) is 66.3 Å². The van der Waals surface area contributed by atoms with E-state index in [9.17, 15) is 14.4 Å². The summed E-state index contributed by atoms with van der Waals surface area (Å²) in [5.74, 6) is -0.588. The van der Waals surface area contributed by atoms with E-state index in [0.717, 1.165) is 6.42 Å². The van der Waals surface area contributed by atoms with Gasteiger partial charge in [0, 0.05) is 13.6 Å². The zero-order chi connectivity index (χ0) is 14.0. The van der Waals surface area contributed by atoms with E-state index in [0.29, 0.717) is 6.54 Å². The minimum Gasteiger partial charge on any atom is -0.355 e. The quantitative estimate of drug-likeness (QED) is 0.664. The van der Waals surface area contributed by atoms with Crippen LogP contribution in [0.3, 0.4) is 0 Å². The van der Waals surface area contributed by atoms with E-state index in [4.69, 9.17) is 0 Å². The minimum atomic E-state index is -0.630. The molecule has 2 rings (SSSR count). The second-order valence-electron chi connectivity index (χ2n) is 4.55. The molecule has 8 heteroatoms. The van der Waals surface area contributed by atoms with Crippen LogP contribution < -0.4 is 10.6 Å². The smallest absolute Gasteiger partial charge is 0.325 e. The highest BCUT2D eigenvalue weighted by Gasteiger charge is 2.45. The maximum atomic E-state index is 11.8. The van der Waals surface area contributed by atoms with Gasteiger partial charge < -0.3 is 15.1 Å². The maximum absolute atomic E-state index is 11.8. The Hall–Kier alpha value is -2.12. The monoisotopic (exact) mass is 267 g/mol. The lowest BCUT2D eigenvalue weighted by atomic mass is 10.1. The van der Waals surface area contributed by atoms with Crippen molar-refractivity contribution in [1.29, 1.82) is 0 Å². The normalized spacial score (nSPS) is 25.4. The van der Waals surface area contributed by atoms with E-state index < -0.39 is 24.1 Å². The molecule has 0 aliphatic carbocycles. The molecule has 8 nitrogen and oxygen atoms in total. The van der Waals surface area contributed by atoms with Crippen LogP contribution in [0.5, 0.6) is 0 Å². The lowest BCUT2D eigenvalue weighted by Crippen LogP contribution is -2.63. The molecule has 2 atom stereocenters. The van der Waals surface area contributed by atoms with Gasteiger partial charge in [-0.05, 0) is 6.42 Å². The van der Waals surface area contributed by atoms with Gasteiger partial charge in [-0.2, -0.15) is 0 Å². The van der Waals surface area contributed by atoms with Crippen LogP contribution in [-0.2, 0) is 9.59 Å². The molecule has 0 radical (unpaired) electrons. The van der Waals surface area contributed by atoms with E-state index in [-0.39, 0.29) is 12.5 Å². The van der Waals surface area contributed by atoms with Gasteiger partial charge in [-0.3, -0.25) is 14.9 Å². The van der Waals surface area contributed by atoms with Crippen LogP contribution in [0.4, 0.5) is 4.79 Å². The van der Waals surface area contributed by atoms with Crippen LogP contribution in [0.15, 0.2) is 4.99 Å². The molecule has 0 aromatic heterocycles. The van der Waals surface area contributed by atoms with Gasteiger partial charge in [-0.25, -0.2) is 9.79 Å².